The average molecular weight is 387 g/mol. The van der Waals surface area contributed by atoms with E-state index in [2.05, 4.69) is 42.2 Å². The SMILES string of the molecule is Cc1noc2ncnc(N3CCC[C@@H](C(=O)NCCN4CCN(C)CC4)C3)c12. The number of likely N-dealkylation sites (N-methyl/N-ethyl adjacent to an activating group) is 1. The zero-order chi connectivity index (χ0) is 19.5. The first-order valence-electron chi connectivity index (χ1n) is 10.1. The van der Waals surface area contributed by atoms with Gasteiger partial charge in [-0.3, -0.25) is 9.69 Å². The van der Waals surface area contributed by atoms with Gasteiger partial charge in [0.05, 0.1) is 11.6 Å². The van der Waals surface area contributed by atoms with Gasteiger partial charge in [-0.05, 0) is 26.8 Å². The minimum Gasteiger partial charge on any atom is -0.355 e. The van der Waals surface area contributed by atoms with Crippen LogP contribution >= 0.6 is 0 Å². The van der Waals surface area contributed by atoms with Gasteiger partial charge in [-0.2, -0.15) is 4.98 Å². The Balaban J connectivity index is 1.33. The lowest BCUT2D eigenvalue weighted by atomic mass is 9.97. The summed E-state index contributed by atoms with van der Waals surface area (Å²) in [6.45, 7) is 9.41. The van der Waals surface area contributed by atoms with E-state index < -0.39 is 0 Å². The highest BCUT2D eigenvalue weighted by atomic mass is 16.5. The van der Waals surface area contributed by atoms with Crippen molar-refractivity contribution in [2.45, 2.75) is 19.8 Å². The van der Waals surface area contributed by atoms with Crippen LogP contribution in [0.15, 0.2) is 10.9 Å². The molecule has 2 aromatic heterocycles. The summed E-state index contributed by atoms with van der Waals surface area (Å²) in [5, 5.41) is 7.99. The van der Waals surface area contributed by atoms with Crippen molar-refractivity contribution in [3.05, 3.63) is 12.0 Å². The van der Waals surface area contributed by atoms with Gasteiger partial charge in [0.2, 0.25) is 5.91 Å². The number of piperidine rings is 1. The van der Waals surface area contributed by atoms with E-state index in [9.17, 15) is 4.79 Å². The zero-order valence-electron chi connectivity index (χ0n) is 16.7. The van der Waals surface area contributed by atoms with Crippen molar-refractivity contribution >= 4 is 22.8 Å². The number of fused-ring (bicyclic) bond motifs is 1. The number of piperazine rings is 1. The first kappa shape index (κ1) is 19.1. The highest BCUT2D eigenvalue weighted by molar-refractivity contribution is 5.88. The summed E-state index contributed by atoms with van der Waals surface area (Å²) < 4.78 is 5.26. The number of aromatic nitrogens is 3. The van der Waals surface area contributed by atoms with Crippen LogP contribution in [0.5, 0.6) is 0 Å². The maximum Gasteiger partial charge on any atom is 0.263 e. The summed E-state index contributed by atoms with van der Waals surface area (Å²) in [6, 6.07) is 0. The Kier molecular flexibility index (Phi) is 5.72. The van der Waals surface area contributed by atoms with E-state index in [1.54, 1.807) is 0 Å². The third-order valence-electron chi connectivity index (χ3n) is 5.84. The minimum atomic E-state index is -0.0218. The molecule has 4 heterocycles. The maximum absolute atomic E-state index is 12.7. The molecule has 2 aliphatic rings. The summed E-state index contributed by atoms with van der Waals surface area (Å²) in [7, 11) is 2.15. The van der Waals surface area contributed by atoms with Crippen LogP contribution in [0, 0.1) is 12.8 Å². The molecular formula is C19H29N7O2. The molecule has 152 valence electrons. The summed E-state index contributed by atoms with van der Waals surface area (Å²) in [4.78, 5) is 28.3. The zero-order valence-corrected chi connectivity index (χ0v) is 16.7. The highest BCUT2D eigenvalue weighted by Gasteiger charge is 2.28. The molecule has 2 fully saturated rings. The first-order chi connectivity index (χ1) is 13.6. The van der Waals surface area contributed by atoms with E-state index >= 15 is 0 Å². The van der Waals surface area contributed by atoms with E-state index in [0.717, 1.165) is 69.0 Å². The lowest BCUT2D eigenvalue weighted by molar-refractivity contribution is -0.125. The summed E-state index contributed by atoms with van der Waals surface area (Å²) in [5.41, 5.74) is 1.28. The molecule has 0 radical (unpaired) electrons. The Morgan fingerprint density at radius 3 is 2.89 bits per heavy atom. The van der Waals surface area contributed by atoms with Gasteiger partial charge in [-0.15, -0.1) is 0 Å². The smallest absolute Gasteiger partial charge is 0.263 e. The van der Waals surface area contributed by atoms with Crippen molar-refractivity contribution in [2.75, 3.05) is 64.3 Å². The van der Waals surface area contributed by atoms with Crippen LogP contribution < -0.4 is 10.2 Å². The molecule has 0 aromatic carbocycles. The fourth-order valence-corrected chi connectivity index (χ4v) is 4.08. The Labute approximate surface area is 165 Å². The summed E-state index contributed by atoms with van der Waals surface area (Å²) >= 11 is 0. The predicted octanol–water partition coefficient (Wildman–Crippen LogP) is 0.506. The average Bonchev–Trinajstić information content (AvgIpc) is 3.11. The number of hydrogen-bond acceptors (Lipinski definition) is 8. The van der Waals surface area contributed by atoms with Crippen LogP contribution in [-0.2, 0) is 4.79 Å². The second-order valence-electron chi connectivity index (χ2n) is 7.87. The number of rotatable bonds is 5. The monoisotopic (exact) mass is 387 g/mol. The van der Waals surface area contributed by atoms with E-state index in [4.69, 9.17) is 4.52 Å². The largest absolute Gasteiger partial charge is 0.355 e. The van der Waals surface area contributed by atoms with Gasteiger partial charge in [-0.1, -0.05) is 5.16 Å². The lowest BCUT2D eigenvalue weighted by Gasteiger charge is -2.34. The van der Waals surface area contributed by atoms with E-state index in [-0.39, 0.29) is 11.8 Å². The third-order valence-corrected chi connectivity index (χ3v) is 5.84. The molecule has 0 unspecified atom stereocenters. The summed E-state index contributed by atoms with van der Waals surface area (Å²) in [6.07, 6.45) is 3.38. The van der Waals surface area contributed by atoms with Crippen LogP contribution in [0.25, 0.3) is 11.1 Å². The van der Waals surface area contributed by atoms with Gasteiger partial charge in [0.15, 0.2) is 0 Å². The number of aryl methyl sites for hydroxylation is 1. The van der Waals surface area contributed by atoms with Crippen LogP contribution in [-0.4, -0.2) is 90.2 Å². The molecule has 1 amide bonds. The minimum absolute atomic E-state index is 0.0218. The van der Waals surface area contributed by atoms with Gasteiger partial charge in [0.25, 0.3) is 5.71 Å². The highest BCUT2D eigenvalue weighted by Crippen LogP contribution is 2.29. The molecule has 2 aliphatic heterocycles. The Morgan fingerprint density at radius 1 is 1.25 bits per heavy atom. The number of anilines is 1. The molecule has 0 saturated carbocycles. The van der Waals surface area contributed by atoms with Gasteiger partial charge in [0.1, 0.15) is 17.5 Å². The van der Waals surface area contributed by atoms with Crippen LogP contribution in [0.3, 0.4) is 0 Å². The van der Waals surface area contributed by atoms with Crippen molar-refractivity contribution in [3.8, 4) is 0 Å². The molecular weight excluding hydrogens is 358 g/mol. The van der Waals surface area contributed by atoms with Crippen LogP contribution in [0.1, 0.15) is 18.5 Å². The fourth-order valence-electron chi connectivity index (χ4n) is 4.08. The van der Waals surface area contributed by atoms with E-state index in [0.29, 0.717) is 18.8 Å². The fraction of sp³-hybridized carbons (Fsp3) is 0.684. The molecule has 9 heteroatoms. The molecule has 4 rings (SSSR count). The first-order valence-corrected chi connectivity index (χ1v) is 10.1. The molecule has 1 N–H and O–H groups in total. The van der Waals surface area contributed by atoms with Gasteiger partial charge < -0.3 is 19.6 Å². The maximum atomic E-state index is 12.7. The Hall–Kier alpha value is -2.26. The molecule has 0 spiro atoms. The predicted molar refractivity (Wildman–Crippen MR) is 106 cm³/mol. The molecule has 1 atom stereocenters. The van der Waals surface area contributed by atoms with Crippen molar-refractivity contribution in [2.24, 2.45) is 5.92 Å². The molecule has 0 aliphatic carbocycles. The topological polar surface area (TPSA) is 90.6 Å². The van der Waals surface area contributed by atoms with Crippen LogP contribution in [0.4, 0.5) is 5.82 Å². The number of carbonyl (C=O) groups excluding carboxylic acids is 1. The molecule has 28 heavy (non-hydrogen) atoms. The molecule has 9 nitrogen and oxygen atoms in total. The van der Waals surface area contributed by atoms with Crippen molar-refractivity contribution in [1.82, 2.24) is 30.2 Å². The van der Waals surface area contributed by atoms with Gasteiger partial charge in [-0.25, -0.2) is 4.98 Å². The molecule has 0 bridgehead atoms. The van der Waals surface area contributed by atoms with Crippen molar-refractivity contribution < 1.29 is 9.32 Å². The summed E-state index contributed by atoms with van der Waals surface area (Å²) in [5.74, 6) is 0.941. The van der Waals surface area contributed by atoms with Gasteiger partial charge in [0, 0.05) is 52.4 Å². The van der Waals surface area contributed by atoms with Gasteiger partial charge >= 0.3 is 0 Å². The third kappa shape index (κ3) is 4.10. The standard InChI is InChI=1S/C19H29N7O2/c1-14-16-17(21-13-22-19(16)28-23-14)26-6-3-4-15(12-26)18(27)20-5-7-25-10-8-24(2)9-11-25/h13,15H,3-12H2,1-2H3,(H,20,27)/t15-/m1/s1. The number of nitrogens with one attached hydrogen (secondary N) is 1. The number of amides is 1. The van der Waals surface area contributed by atoms with E-state index in [1.807, 2.05) is 6.92 Å². The van der Waals surface area contributed by atoms with Crippen molar-refractivity contribution in [1.29, 1.82) is 0 Å². The second kappa shape index (κ2) is 8.40. The Bertz CT molecular complexity index is 816. The molecule has 2 saturated heterocycles. The second-order valence-corrected chi connectivity index (χ2v) is 7.87. The normalized spacial score (nSPS) is 21.9. The number of nitrogens with zero attached hydrogens (tertiary/aromatic N) is 6. The Morgan fingerprint density at radius 2 is 2.07 bits per heavy atom. The van der Waals surface area contributed by atoms with Crippen LogP contribution in [0.2, 0.25) is 0 Å². The quantitative estimate of drug-likeness (QED) is 0.794. The van der Waals surface area contributed by atoms with Crippen molar-refractivity contribution in [3.63, 3.8) is 0 Å². The number of carbonyl (C=O) groups is 1. The van der Waals surface area contributed by atoms with E-state index in [1.165, 1.54) is 6.33 Å². The lowest BCUT2D eigenvalue weighted by Crippen LogP contribution is -2.48. The molecule has 2 aromatic rings. The number of hydrogen-bond donors (Lipinski definition) is 1.